The number of nitrogens with zero attached hydrogens (tertiary/aromatic N) is 1. The van der Waals surface area contributed by atoms with Gasteiger partial charge in [0.15, 0.2) is 0 Å². The second kappa shape index (κ2) is 7.22. The number of fused-ring (bicyclic) bond motifs is 1. The number of rotatable bonds is 5. The van der Waals surface area contributed by atoms with Crippen molar-refractivity contribution in [3.63, 3.8) is 0 Å². The Morgan fingerprint density at radius 3 is 2.79 bits per heavy atom. The zero-order valence-corrected chi connectivity index (χ0v) is 13.8. The molecule has 7 nitrogen and oxygen atoms in total. The van der Waals surface area contributed by atoms with E-state index in [1.807, 2.05) is 31.2 Å². The minimum Gasteiger partial charge on any atom is -0.357 e. The number of carbonyl (C=O) groups is 2. The molecule has 0 spiro atoms. The van der Waals surface area contributed by atoms with Crippen molar-refractivity contribution in [1.29, 1.82) is 0 Å². The quantitative estimate of drug-likeness (QED) is 0.533. The molecule has 0 fully saturated rings. The predicted molar refractivity (Wildman–Crippen MR) is 93.4 cm³/mol. The third-order valence-electron chi connectivity index (χ3n) is 3.42. The van der Waals surface area contributed by atoms with Gasteiger partial charge in [0.25, 0.3) is 5.91 Å². The van der Waals surface area contributed by atoms with Crippen LogP contribution in [0.25, 0.3) is 11.0 Å². The molecule has 0 aliphatic carbocycles. The summed E-state index contributed by atoms with van der Waals surface area (Å²) >= 11 is 1.44. The number of aromatic amines is 2. The second-order valence-electron chi connectivity index (χ2n) is 5.18. The van der Waals surface area contributed by atoms with Gasteiger partial charge in [0.2, 0.25) is 5.91 Å². The van der Waals surface area contributed by atoms with Crippen molar-refractivity contribution in [1.82, 2.24) is 25.8 Å². The standard InChI is InChI=1S/C16H17N5O2S/c1-10(15-18-11-5-2-3-6-12(11)19-15)24-9-14(22)20-21-16(23)13-7-4-8-17-13/h2-8,10,17H,9H2,1H3,(H,18,19)(H,20,22)(H,21,23). The van der Waals surface area contributed by atoms with Gasteiger partial charge in [-0.2, -0.15) is 0 Å². The number of imidazole rings is 1. The van der Waals surface area contributed by atoms with E-state index in [0.717, 1.165) is 16.9 Å². The van der Waals surface area contributed by atoms with Gasteiger partial charge in [-0.05, 0) is 31.2 Å². The van der Waals surface area contributed by atoms with Crippen LogP contribution in [0.15, 0.2) is 42.6 Å². The number of para-hydroxylation sites is 2. The molecule has 8 heteroatoms. The molecule has 0 saturated carbocycles. The first-order valence-electron chi connectivity index (χ1n) is 7.42. The van der Waals surface area contributed by atoms with E-state index in [0.29, 0.717) is 5.69 Å². The van der Waals surface area contributed by atoms with Crippen LogP contribution in [-0.2, 0) is 4.79 Å². The smallest absolute Gasteiger partial charge is 0.286 e. The summed E-state index contributed by atoms with van der Waals surface area (Å²) in [4.78, 5) is 34.1. The van der Waals surface area contributed by atoms with Crippen molar-refractivity contribution in [2.24, 2.45) is 0 Å². The van der Waals surface area contributed by atoms with E-state index in [-0.39, 0.29) is 22.8 Å². The number of nitrogens with one attached hydrogen (secondary N) is 4. The lowest BCUT2D eigenvalue weighted by atomic mass is 10.3. The van der Waals surface area contributed by atoms with Gasteiger partial charge in [-0.25, -0.2) is 4.98 Å². The zero-order chi connectivity index (χ0) is 16.9. The van der Waals surface area contributed by atoms with E-state index in [4.69, 9.17) is 0 Å². The Morgan fingerprint density at radius 2 is 2.04 bits per heavy atom. The molecule has 0 bridgehead atoms. The maximum atomic E-state index is 11.8. The molecule has 0 aliphatic heterocycles. The minimum atomic E-state index is -0.385. The van der Waals surface area contributed by atoms with Crippen molar-refractivity contribution >= 4 is 34.6 Å². The van der Waals surface area contributed by atoms with Crippen LogP contribution in [0.3, 0.4) is 0 Å². The first-order chi connectivity index (χ1) is 11.6. The first kappa shape index (κ1) is 16.1. The van der Waals surface area contributed by atoms with Gasteiger partial charge < -0.3 is 9.97 Å². The average molecular weight is 343 g/mol. The molecule has 2 heterocycles. The SMILES string of the molecule is CC(SCC(=O)NNC(=O)c1ccc[nH]1)c1nc2ccccc2[nH]1. The molecule has 3 rings (SSSR count). The number of carbonyl (C=O) groups excluding carboxylic acids is 2. The summed E-state index contributed by atoms with van der Waals surface area (Å²) in [5, 5.41) is 0.0299. The van der Waals surface area contributed by atoms with E-state index in [1.54, 1.807) is 18.3 Å². The van der Waals surface area contributed by atoms with Crippen LogP contribution in [-0.4, -0.2) is 32.5 Å². The third kappa shape index (κ3) is 3.77. The van der Waals surface area contributed by atoms with Crippen LogP contribution in [0.2, 0.25) is 0 Å². The molecule has 124 valence electrons. The summed E-state index contributed by atoms with van der Waals surface area (Å²) in [6, 6.07) is 11.1. The molecule has 3 aromatic rings. The number of amides is 2. The molecule has 1 unspecified atom stereocenters. The number of hydrazine groups is 1. The van der Waals surface area contributed by atoms with Gasteiger partial charge in [-0.3, -0.25) is 20.4 Å². The molecular formula is C16H17N5O2S. The Labute approximate surface area is 142 Å². The van der Waals surface area contributed by atoms with Crippen LogP contribution < -0.4 is 10.9 Å². The number of hydrogen-bond acceptors (Lipinski definition) is 4. The highest BCUT2D eigenvalue weighted by Crippen LogP contribution is 2.27. The van der Waals surface area contributed by atoms with Crippen LogP contribution in [0.1, 0.15) is 28.5 Å². The predicted octanol–water partition coefficient (Wildman–Crippen LogP) is 2.15. The summed E-state index contributed by atoms with van der Waals surface area (Å²) in [6.45, 7) is 1.98. The average Bonchev–Trinajstić information content (AvgIpc) is 3.26. The monoisotopic (exact) mass is 343 g/mol. The zero-order valence-electron chi connectivity index (χ0n) is 13.0. The molecule has 0 aliphatic rings. The number of aromatic nitrogens is 3. The van der Waals surface area contributed by atoms with Crippen LogP contribution in [0.5, 0.6) is 0 Å². The fourth-order valence-corrected chi connectivity index (χ4v) is 2.89. The normalized spacial score (nSPS) is 12.0. The Hall–Kier alpha value is -2.74. The lowest BCUT2D eigenvalue weighted by molar-refractivity contribution is -0.119. The highest BCUT2D eigenvalue weighted by atomic mass is 32.2. The van der Waals surface area contributed by atoms with E-state index < -0.39 is 0 Å². The molecular weight excluding hydrogens is 326 g/mol. The third-order valence-corrected chi connectivity index (χ3v) is 4.57. The lowest BCUT2D eigenvalue weighted by Crippen LogP contribution is -2.42. The fourth-order valence-electron chi connectivity index (χ4n) is 2.15. The van der Waals surface area contributed by atoms with E-state index >= 15 is 0 Å². The first-order valence-corrected chi connectivity index (χ1v) is 8.47. The topological polar surface area (TPSA) is 103 Å². The number of benzene rings is 1. The Morgan fingerprint density at radius 1 is 1.21 bits per heavy atom. The maximum Gasteiger partial charge on any atom is 0.286 e. The molecule has 1 aromatic carbocycles. The minimum absolute atomic E-state index is 0.0299. The van der Waals surface area contributed by atoms with Gasteiger partial charge in [0.1, 0.15) is 11.5 Å². The van der Waals surface area contributed by atoms with Crippen molar-refractivity contribution in [3.05, 3.63) is 54.1 Å². The van der Waals surface area contributed by atoms with E-state index in [1.165, 1.54) is 11.8 Å². The highest BCUT2D eigenvalue weighted by molar-refractivity contribution is 8.00. The molecule has 1 atom stereocenters. The Balaban J connectivity index is 1.47. The number of H-pyrrole nitrogens is 2. The van der Waals surface area contributed by atoms with Crippen molar-refractivity contribution in [2.75, 3.05) is 5.75 Å². The summed E-state index contributed by atoms with van der Waals surface area (Å²) in [5.74, 6) is 0.374. The summed E-state index contributed by atoms with van der Waals surface area (Å²) in [7, 11) is 0. The fraction of sp³-hybridized carbons (Fsp3) is 0.188. The van der Waals surface area contributed by atoms with Crippen molar-refractivity contribution in [2.45, 2.75) is 12.2 Å². The summed E-state index contributed by atoms with van der Waals surface area (Å²) in [5.41, 5.74) is 7.02. The van der Waals surface area contributed by atoms with E-state index in [2.05, 4.69) is 25.8 Å². The molecule has 4 N–H and O–H groups in total. The largest absolute Gasteiger partial charge is 0.357 e. The van der Waals surface area contributed by atoms with E-state index in [9.17, 15) is 9.59 Å². The van der Waals surface area contributed by atoms with Crippen LogP contribution in [0.4, 0.5) is 0 Å². The van der Waals surface area contributed by atoms with Gasteiger partial charge >= 0.3 is 0 Å². The van der Waals surface area contributed by atoms with Gasteiger partial charge in [-0.15, -0.1) is 11.8 Å². The summed E-state index contributed by atoms with van der Waals surface area (Å²) in [6.07, 6.45) is 1.64. The Bertz CT molecular complexity index is 810. The van der Waals surface area contributed by atoms with Crippen molar-refractivity contribution < 1.29 is 9.59 Å². The Kier molecular flexibility index (Phi) is 4.85. The maximum absolute atomic E-state index is 11.8. The van der Waals surface area contributed by atoms with Crippen LogP contribution >= 0.6 is 11.8 Å². The second-order valence-corrected chi connectivity index (χ2v) is 6.51. The molecule has 0 saturated heterocycles. The summed E-state index contributed by atoms with van der Waals surface area (Å²) < 4.78 is 0. The number of thioether (sulfide) groups is 1. The molecule has 2 amide bonds. The van der Waals surface area contributed by atoms with Gasteiger partial charge in [0.05, 0.1) is 22.0 Å². The van der Waals surface area contributed by atoms with Crippen molar-refractivity contribution in [3.8, 4) is 0 Å². The van der Waals surface area contributed by atoms with Gasteiger partial charge in [-0.1, -0.05) is 12.1 Å². The number of hydrogen-bond donors (Lipinski definition) is 4. The lowest BCUT2D eigenvalue weighted by Gasteiger charge is -2.09. The molecule has 24 heavy (non-hydrogen) atoms. The molecule has 2 aromatic heterocycles. The van der Waals surface area contributed by atoms with Gasteiger partial charge in [0, 0.05) is 6.20 Å². The molecule has 0 radical (unpaired) electrons. The van der Waals surface area contributed by atoms with Crippen LogP contribution in [0, 0.1) is 0 Å². The highest BCUT2D eigenvalue weighted by Gasteiger charge is 2.14.